The van der Waals surface area contributed by atoms with Crippen molar-refractivity contribution in [2.24, 2.45) is 0 Å². The second-order valence-electron chi connectivity index (χ2n) is 8.97. The quantitative estimate of drug-likeness (QED) is 0.111. The molecule has 202 valence electrons. The number of amides is 1. The number of aryl methyl sites for hydroxylation is 1. The van der Waals surface area contributed by atoms with Crippen LogP contribution in [0.15, 0.2) is 90.2 Å². The Hall–Kier alpha value is -3.52. The zero-order chi connectivity index (χ0) is 27.6. The lowest BCUT2D eigenvalue weighted by molar-refractivity contribution is -0.111. The molecule has 1 atom stereocenters. The number of rotatable bonds is 12. The number of ether oxygens (including phenoxy) is 1. The normalized spacial score (nSPS) is 12.0. The van der Waals surface area contributed by atoms with Crippen molar-refractivity contribution in [2.45, 2.75) is 43.9 Å². The topological polar surface area (TPSA) is 79.2 Å². The third kappa shape index (κ3) is 7.99. The summed E-state index contributed by atoms with van der Waals surface area (Å²) in [5, 5.41) is 3.39. The fourth-order valence-electron chi connectivity index (χ4n) is 3.94. The van der Waals surface area contributed by atoms with Gasteiger partial charge in [0, 0.05) is 23.3 Å². The average molecular weight is 562 g/mol. The maximum Gasteiger partial charge on any atom is 0.248 e. The van der Waals surface area contributed by atoms with Crippen LogP contribution in [0.2, 0.25) is 5.02 Å². The smallest absolute Gasteiger partial charge is 0.248 e. The molecule has 4 rings (SSSR count). The SMILES string of the molecule is CCCCOc1ccc(-c2ccc(Cl)c(/C=C/C(=O)Nc3ccc([S+]([O-])Cc4cncn4CC)cc3)c2)cc1. The molecule has 8 heteroatoms. The fraction of sp³-hybridized carbons (Fsp3) is 0.226. The summed E-state index contributed by atoms with van der Waals surface area (Å²) >= 11 is 5.20. The largest absolute Gasteiger partial charge is 0.611 e. The predicted octanol–water partition coefficient (Wildman–Crippen LogP) is 7.36. The first-order valence-electron chi connectivity index (χ1n) is 13.0. The van der Waals surface area contributed by atoms with E-state index in [4.69, 9.17) is 16.3 Å². The number of imidazole rings is 1. The first-order chi connectivity index (χ1) is 19.0. The van der Waals surface area contributed by atoms with E-state index in [1.165, 1.54) is 6.08 Å². The molecule has 1 aromatic heterocycles. The third-order valence-electron chi connectivity index (χ3n) is 6.17. The molecule has 0 saturated heterocycles. The highest BCUT2D eigenvalue weighted by Gasteiger charge is 2.15. The van der Waals surface area contributed by atoms with Gasteiger partial charge in [0.15, 0.2) is 10.6 Å². The van der Waals surface area contributed by atoms with E-state index in [0.717, 1.165) is 47.5 Å². The highest BCUT2D eigenvalue weighted by Crippen LogP contribution is 2.28. The van der Waals surface area contributed by atoms with Crippen LogP contribution in [0, 0.1) is 0 Å². The first-order valence-corrected chi connectivity index (χ1v) is 14.7. The summed E-state index contributed by atoms with van der Waals surface area (Å²) in [6, 6.07) is 20.7. The van der Waals surface area contributed by atoms with E-state index in [9.17, 15) is 9.35 Å². The number of hydrogen-bond acceptors (Lipinski definition) is 4. The van der Waals surface area contributed by atoms with Crippen LogP contribution < -0.4 is 10.1 Å². The number of nitrogens with zero attached hydrogens (tertiary/aromatic N) is 2. The van der Waals surface area contributed by atoms with Crippen molar-refractivity contribution < 1.29 is 14.1 Å². The van der Waals surface area contributed by atoms with Crippen molar-refractivity contribution in [3.63, 3.8) is 0 Å². The standard InChI is InChI=1S/C31H32ClN3O3S/c1-3-5-18-38-28-12-6-23(7-13-28)24-8-16-30(32)25(19-24)9-17-31(36)34-26-10-14-29(15-11-26)39(37)21-27-20-33-22-35(27)4-2/h6-17,19-20,22H,3-5,18,21H2,1-2H3,(H,34,36)/b17-9+. The van der Waals surface area contributed by atoms with Gasteiger partial charge in [0.2, 0.25) is 5.91 Å². The number of benzene rings is 3. The van der Waals surface area contributed by atoms with Gasteiger partial charge in [0.1, 0.15) is 5.75 Å². The van der Waals surface area contributed by atoms with Crippen LogP contribution in [-0.2, 0) is 28.3 Å². The molecule has 4 aromatic rings. The summed E-state index contributed by atoms with van der Waals surface area (Å²) in [5.41, 5.74) is 4.31. The Balaban J connectivity index is 1.36. The van der Waals surface area contributed by atoms with E-state index in [-0.39, 0.29) is 5.91 Å². The van der Waals surface area contributed by atoms with E-state index < -0.39 is 11.2 Å². The van der Waals surface area contributed by atoms with Crippen LogP contribution in [0.4, 0.5) is 5.69 Å². The molecule has 0 bridgehead atoms. The molecule has 0 aliphatic heterocycles. The van der Waals surface area contributed by atoms with Crippen molar-refractivity contribution in [3.8, 4) is 16.9 Å². The Labute approximate surface area is 237 Å². The Kier molecular flexibility index (Phi) is 10.3. The lowest BCUT2D eigenvalue weighted by Crippen LogP contribution is -2.10. The Morgan fingerprint density at radius 2 is 1.82 bits per heavy atom. The van der Waals surface area contributed by atoms with Crippen LogP contribution in [0.25, 0.3) is 17.2 Å². The molecular formula is C31H32ClN3O3S. The molecule has 1 heterocycles. The van der Waals surface area contributed by atoms with Gasteiger partial charge in [-0.3, -0.25) is 4.79 Å². The molecule has 1 N–H and O–H groups in total. The van der Waals surface area contributed by atoms with Gasteiger partial charge < -0.3 is 19.2 Å². The van der Waals surface area contributed by atoms with Crippen molar-refractivity contribution in [3.05, 3.63) is 102 Å². The van der Waals surface area contributed by atoms with E-state index >= 15 is 0 Å². The number of unbranched alkanes of at least 4 members (excludes halogenated alkanes) is 1. The van der Waals surface area contributed by atoms with Gasteiger partial charge in [-0.2, -0.15) is 0 Å². The van der Waals surface area contributed by atoms with Crippen LogP contribution in [0.1, 0.15) is 37.9 Å². The summed E-state index contributed by atoms with van der Waals surface area (Å²) in [5.74, 6) is 0.950. The Morgan fingerprint density at radius 3 is 2.54 bits per heavy atom. The highest BCUT2D eigenvalue weighted by molar-refractivity contribution is 7.90. The Bertz CT molecular complexity index is 1400. The molecule has 1 amide bonds. The van der Waals surface area contributed by atoms with Crippen molar-refractivity contribution in [1.29, 1.82) is 0 Å². The minimum Gasteiger partial charge on any atom is -0.611 e. The molecule has 6 nitrogen and oxygen atoms in total. The summed E-state index contributed by atoms with van der Waals surface area (Å²) < 4.78 is 20.5. The van der Waals surface area contributed by atoms with Crippen molar-refractivity contribution in [1.82, 2.24) is 9.55 Å². The van der Waals surface area contributed by atoms with Crippen LogP contribution in [-0.4, -0.2) is 26.6 Å². The maximum absolute atomic E-state index is 12.8. The molecule has 0 spiro atoms. The van der Waals surface area contributed by atoms with E-state index in [1.54, 1.807) is 42.9 Å². The van der Waals surface area contributed by atoms with Crippen molar-refractivity contribution >= 4 is 40.4 Å². The van der Waals surface area contributed by atoms with Gasteiger partial charge >= 0.3 is 0 Å². The van der Waals surface area contributed by atoms with Gasteiger partial charge in [-0.15, -0.1) is 0 Å². The minimum absolute atomic E-state index is 0.286. The molecule has 0 fully saturated rings. The molecule has 0 radical (unpaired) electrons. The molecule has 0 aliphatic rings. The lowest BCUT2D eigenvalue weighted by Gasteiger charge is -2.12. The second-order valence-corrected chi connectivity index (χ2v) is 10.8. The van der Waals surface area contributed by atoms with Gasteiger partial charge in [-0.25, -0.2) is 4.98 Å². The summed E-state index contributed by atoms with van der Waals surface area (Å²) in [6.45, 7) is 5.65. The molecular weight excluding hydrogens is 530 g/mol. The summed E-state index contributed by atoms with van der Waals surface area (Å²) in [6.07, 6.45) is 8.76. The fourth-order valence-corrected chi connectivity index (χ4v) is 5.24. The summed E-state index contributed by atoms with van der Waals surface area (Å²) in [7, 11) is 0. The Morgan fingerprint density at radius 1 is 1.08 bits per heavy atom. The van der Waals surface area contributed by atoms with Gasteiger partial charge in [-0.05, 0) is 95.8 Å². The predicted molar refractivity (Wildman–Crippen MR) is 159 cm³/mol. The van der Waals surface area contributed by atoms with E-state index in [0.29, 0.717) is 28.0 Å². The minimum atomic E-state index is -1.21. The second kappa shape index (κ2) is 14.0. The molecule has 0 aliphatic carbocycles. The third-order valence-corrected chi connectivity index (χ3v) is 7.87. The molecule has 1 unspecified atom stereocenters. The van der Waals surface area contributed by atoms with E-state index in [1.807, 2.05) is 54.0 Å². The van der Waals surface area contributed by atoms with E-state index in [2.05, 4.69) is 17.2 Å². The van der Waals surface area contributed by atoms with Gasteiger partial charge in [0.25, 0.3) is 0 Å². The number of carbonyl (C=O) groups is 1. The number of halogens is 1. The molecule has 39 heavy (non-hydrogen) atoms. The molecule has 3 aromatic carbocycles. The maximum atomic E-state index is 12.8. The van der Waals surface area contributed by atoms with Crippen LogP contribution in [0.5, 0.6) is 5.75 Å². The van der Waals surface area contributed by atoms with Gasteiger partial charge in [0.05, 0.1) is 24.8 Å². The van der Waals surface area contributed by atoms with Crippen molar-refractivity contribution in [2.75, 3.05) is 11.9 Å². The number of aromatic nitrogens is 2. The zero-order valence-electron chi connectivity index (χ0n) is 22.1. The number of carbonyl (C=O) groups excluding carboxylic acids is 1. The average Bonchev–Trinajstić information content (AvgIpc) is 3.40. The highest BCUT2D eigenvalue weighted by atomic mass is 35.5. The van der Waals surface area contributed by atoms with Crippen LogP contribution >= 0.6 is 11.6 Å². The summed E-state index contributed by atoms with van der Waals surface area (Å²) in [4.78, 5) is 17.4. The number of anilines is 1. The van der Waals surface area contributed by atoms with Crippen LogP contribution in [0.3, 0.4) is 0 Å². The monoisotopic (exact) mass is 561 g/mol. The first kappa shape index (κ1) is 28.5. The lowest BCUT2D eigenvalue weighted by atomic mass is 10.0. The number of nitrogens with one attached hydrogen (secondary N) is 1. The van der Waals surface area contributed by atoms with Gasteiger partial charge in [-0.1, -0.05) is 43.1 Å². The number of hydrogen-bond donors (Lipinski definition) is 1. The zero-order valence-corrected chi connectivity index (χ0v) is 23.7. The molecule has 0 saturated carbocycles.